The van der Waals surface area contributed by atoms with Gasteiger partial charge in [0.2, 0.25) is 5.43 Å². The summed E-state index contributed by atoms with van der Waals surface area (Å²) < 4.78 is 24.9. The first kappa shape index (κ1) is 14.6. The summed E-state index contributed by atoms with van der Waals surface area (Å²) in [4.78, 5) is 12.7. The van der Waals surface area contributed by atoms with Gasteiger partial charge in [0.05, 0.1) is 23.1 Å². The van der Waals surface area contributed by atoms with E-state index >= 15 is 0 Å². The second kappa shape index (κ2) is 5.46. The Bertz CT molecular complexity index is 911. The normalized spacial score (nSPS) is 10.9. The zero-order valence-corrected chi connectivity index (χ0v) is 12.7. The van der Waals surface area contributed by atoms with Crippen LogP contribution in [0.3, 0.4) is 0 Å². The summed E-state index contributed by atoms with van der Waals surface area (Å²) in [6.07, 6.45) is 0. The Morgan fingerprint density at radius 1 is 1.18 bits per heavy atom. The van der Waals surface area contributed by atoms with E-state index in [1.165, 1.54) is 25.3 Å². The molecular weight excluding hydrogens is 307 g/mol. The van der Waals surface area contributed by atoms with Gasteiger partial charge in [-0.15, -0.1) is 0 Å². The van der Waals surface area contributed by atoms with Crippen molar-refractivity contribution >= 4 is 22.6 Å². The Morgan fingerprint density at radius 3 is 2.64 bits per heavy atom. The van der Waals surface area contributed by atoms with Gasteiger partial charge in [-0.05, 0) is 31.2 Å². The van der Waals surface area contributed by atoms with Crippen LogP contribution in [0.15, 0.2) is 45.6 Å². The van der Waals surface area contributed by atoms with Crippen molar-refractivity contribution in [2.24, 2.45) is 0 Å². The maximum absolute atomic E-state index is 14.1. The van der Waals surface area contributed by atoms with Gasteiger partial charge in [0.1, 0.15) is 22.9 Å². The van der Waals surface area contributed by atoms with E-state index in [0.717, 1.165) is 0 Å². The minimum Gasteiger partial charge on any atom is -0.497 e. The van der Waals surface area contributed by atoms with Crippen molar-refractivity contribution in [2.45, 2.75) is 6.92 Å². The highest BCUT2D eigenvalue weighted by Gasteiger charge is 2.19. The third-order valence-corrected chi connectivity index (χ3v) is 3.80. The van der Waals surface area contributed by atoms with Crippen molar-refractivity contribution < 1.29 is 13.5 Å². The molecule has 0 aliphatic heterocycles. The summed E-state index contributed by atoms with van der Waals surface area (Å²) in [5.41, 5.74) is 0.264. The second-order valence-corrected chi connectivity index (χ2v) is 5.23. The van der Waals surface area contributed by atoms with Crippen molar-refractivity contribution in [1.29, 1.82) is 0 Å². The molecule has 0 saturated heterocycles. The highest BCUT2D eigenvalue weighted by molar-refractivity contribution is 6.33. The quantitative estimate of drug-likeness (QED) is 0.695. The maximum atomic E-state index is 14.1. The number of halogens is 2. The first-order chi connectivity index (χ1) is 10.5. The van der Waals surface area contributed by atoms with Crippen molar-refractivity contribution in [3.63, 3.8) is 0 Å². The molecule has 3 aromatic rings. The van der Waals surface area contributed by atoms with E-state index in [1.54, 1.807) is 25.1 Å². The summed E-state index contributed by atoms with van der Waals surface area (Å²) in [6.45, 7) is 1.61. The third kappa shape index (κ3) is 2.25. The van der Waals surface area contributed by atoms with Gasteiger partial charge in [-0.3, -0.25) is 4.79 Å². The van der Waals surface area contributed by atoms with Gasteiger partial charge in [0.15, 0.2) is 0 Å². The highest BCUT2D eigenvalue weighted by atomic mass is 35.5. The molecule has 0 aliphatic carbocycles. The number of hydrogen-bond acceptors (Lipinski definition) is 3. The van der Waals surface area contributed by atoms with Crippen molar-refractivity contribution in [3.8, 4) is 16.9 Å². The van der Waals surface area contributed by atoms with Gasteiger partial charge in [-0.25, -0.2) is 4.39 Å². The fourth-order valence-electron chi connectivity index (χ4n) is 2.44. The molecule has 0 N–H and O–H groups in total. The minimum atomic E-state index is -0.559. The van der Waals surface area contributed by atoms with Crippen LogP contribution in [0.4, 0.5) is 4.39 Å². The van der Waals surface area contributed by atoms with Crippen LogP contribution >= 0.6 is 11.6 Å². The lowest BCUT2D eigenvalue weighted by molar-refractivity contribution is 0.414. The molecule has 0 aliphatic rings. The maximum Gasteiger partial charge on any atom is 0.200 e. The van der Waals surface area contributed by atoms with Gasteiger partial charge >= 0.3 is 0 Å². The van der Waals surface area contributed by atoms with E-state index in [0.29, 0.717) is 22.5 Å². The summed E-state index contributed by atoms with van der Waals surface area (Å²) in [5, 5.41) is 0.518. The first-order valence-electron chi connectivity index (χ1n) is 6.58. The third-order valence-electron chi connectivity index (χ3n) is 3.49. The van der Waals surface area contributed by atoms with E-state index in [1.807, 2.05) is 0 Å². The number of ether oxygens (including phenoxy) is 1. The molecule has 0 fully saturated rings. The fraction of sp³-hybridized carbons (Fsp3) is 0.118. The van der Waals surface area contributed by atoms with Crippen molar-refractivity contribution in [2.75, 3.05) is 7.11 Å². The molecule has 0 amide bonds. The van der Waals surface area contributed by atoms with Crippen LogP contribution in [0.2, 0.25) is 5.02 Å². The second-order valence-electron chi connectivity index (χ2n) is 4.82. The first-order valence-corrected chi connectivity index (χ1v) is 6.96. The van der Waals surface area contributed by atoms with Crippen LogP contribution in [0.1, 0.15) is 5.76 Å². The number of aryl methyl sites for hydroxylation is 1. The standard InChI is InChI=1S/C17H12ClFO3/c1-9-15(16-12(18)4-3-5-13(16)19)17(20)11-7-6-10(21-2)8-14(11)22-9/h3-8H,1-2H3. The summed E-state index contributed by atoms with van der Waals surface area (Å²) in [7, 11) is 1.53. The molecule has 0 atom stereocenters. The molecule has 112 valence electrons. The summed E-state index contributed by atoms with van der Waals surface area (Å²) in [5.74, 6) is 0.320. The Labute approximate surface area is 130 Å². The lowest BCUT2D eigenvalue weighted by Crippen LogP contribution is -2.09. The van der Waals surface area contributed by atoms with Gasteiger partial charge < -0.3 is 9.15 Å². The smallest absolute Gasteiger partial charge is 0.200 e. The van der Waals surface area contributed by atoms with Crippen LogP contribution in [0, 0.1) is 12.7 Å². The largest absolute Gasteiger partial charge is 0.497 e. The van der Waals surface area contributed by atoms with Crippen LogP contribution < -0.4 is 10.2 Å². The lowest BCUT2D eigenvalue weighted by Gasteiger charge is -2.10. The molecule has 3 rings (SSSR count). The van der Waals surface area contributed by atoms with Gasteiger partial charge in [-0.1, -0.05) is 17.7 Å². The van der Waals surface area contributed by atoms with E-state index in [4.69, 9.17) is 20.8 Å². The number of hydrogen-bond donors (Lipinski definition) is 0. The Balaban J connectivity index is 2.39. The molecular formula is C17H12ClFO3. The van der Waals surface area contributed by atoms with Crippen molar-refractivity contribution in [1.82, 2.24) is 0 Å². The van der Waals surface area contributed by atoms with E-state index in [9.17, 15) is 9.18 Å². The molecule has 22 heavy (non-hydrogen) atoms. The highest BCUT2D eigenvalue weighted by Crippen LogP contribution is 2.32. The molecule has 1 heterocycles. The summed E-state index contributed by atoms with van der Waals surface area (Å²) in [6, 6.07) is 9.16. The van der Waals surface area contributed by atoms with Gasteiger partial charge in [0.25, 0.3) is 0 Å². The van der Waals surface area contributed by atoms with Crippen LogP contribution in [-0.4, -0.2) is 7.11 Å². The van der Waals surface area contributed by atoms with E-state index in [2.05, 4.69) is 0 Å². The molecule has 2 aromatic carbocycles. The summed E-state index contributed by atoms with van der Waals surface area (Å²) >= 11 is 6.07. The number of fused-ring (bicyclic) bond motifs is 1. The molecule has 0 saturated carbocycles. The van der Waals surface area contributed by atoms with Crippen molar-refractivity contribution in [3.05, 3.63) is 63.2 Å². The molecule has 3 nitrogen and oxygen atoms in total. The SMILES string of the molecule is COc1ccc2c(=O)c(-c3c(F)cccc3Cl)c(C)oc2c1. The number of benzene rings is 2. The van der Waals surface area contributed by atoms with Gasteiger partial charge in [-0.2, -0.15) is 0 Å². The van der Waals surface area contributed by atoms with E-state index < -0.39 is 5.82 Å². The Morgan fingerprint density at radius 2 is 1.95 bits per heavy atom. The average molecular weight is 319 g/mol. The molecule has 1 aromatic heterocycles. The Kier molecular flexibility index (Phi) is 3.62. The minimum absolute atomic E-state index is 0.0631. The molecule has 0 spiro atoms. The van der Waals surface area contributed by atoms with Crippen LogP contribution in [-0.2, 0) is 0 Å². The van der Waals surface area contributed by atoms with E-state index in [-0.39, 0.29) is 21.6 Å². The average Bonchev–Trinajstić information content (AvgIpc) is 2.49. The molecule has 5 heteroatoms. The van der Waals surface area contributed by atoms with Crippen LogP contribution in [0.5, 0.6) is 5.75 Å². The molecule has 0 radical (unpaired) electrons. The monoisotopic (exact) mass is 318 g/mol. The van der Waals surface area contributed by atoms with Crippen LogP contribution in [0.25, 0.3) is 22.1 Å². The zero-order chi connectivity index (χ0) is 15.9. The number of methoxy groups -OCH3 is 1. The zero-order valence-electron chi connectivity index (χ0n) is 11.9. The molecule has 0 unspecified atom stereocenters. The predicted molar refractivity (Wildman–Crippen MR) is 84.2 cm³/mol. The lowest BCUT2D eigenvalue weighted by atomic mass is 10.0. The predicted octanol–water partition coefficient (Wildman–Crippen LogP) is 4.57. The number of rotatable bonds is 2. The Hall–Kier alpha value is -2.33. The topological polar surface area (TPSA) is 39.4 Å². The fourth-order valence-corrected chi connectivity index (χ4v) is 2.70. The molecule has 0 bridgehead atoms. The van der Waals surface area contributed by atoms with Gasteiger partial charge in [0, 0.05) is 11.6 Å².